The van der Waals surface area contributed by atoms with Crippen molar-refractivity contribution in [3.8, 4) is 5.75 Å². The number of halogens is 3. The lowest BCUT2D eigenvalue weighted by atomic mass is 10.2. The molecule has 0 spiro atoms. The Hall–Kier alpha value is -2.19. The van der Waals surface area contributed by atoms with Gasteiger partial charge in [0.2, 0.25) is 5.91 Å². The highest BCUT2D eigenvalue weighted by Gasteiger charge is 2.15. The molecule has 1 heterocycles. The van der Waals surface area contributed by atoms with Crippen LogP contribution in [-0.4, -0.2) is 26.4 Å². The summed E-state index contributed by atoms with van der Waals surface area (Å²) in [4.78, 5) is 12.3. The predicted molar refractivity (Wildman–Crippen MR) is 127 cm³/mol. The smallest absolute Gasteiger partial charge is 0.234 e. The Morgan fingerprint density at radius 3 is 2.65 bits per heavy atom. The fraction of sp³-hybridized carbons (Fsp3) is 0.190. The Morgan fingerprint density at radius 2 is 1.94 bits per heavy atom. The van der Waals surface area contributed by atoms with Gasteiger partial charge in [-0.25, -0.2) is 0 Å². The van der Waals surface area contributed by atoms with Crippen molar-refractivity contribution < 1.29 is 9.53 Å². The van der Waals surface area contributed by atoms with Gasteiger partial charge in [0, 0.05) is 22.3 Å². The van der Waals surface area contributed by atoms with Crippen LogP contribution in [0.2, 0.25) is 15.1 Å². The highest BCUT2D eigenvalue weighted by Crippen LogP contribution is 2.27. The Balaban J connectivity index is 1.64. The minimum absolute atomic E-state index is 0.129. The first-order chi connectivity index (χ1) is 14.9. The van der Waals surface area contributed by atoms with Crippen molar-refractivity contribution in [3.63, 3.8) is 0 Å². The van der Waals surface area contributed by atoms with Crippen molar-refractivity contribution in [1.29, 1.82) is 0 Å². The van der Waals surface area contributed by atoms with E-state index in [0.717, 1.165) is 5.56 Å². The number of aromatic nitrogens is 3. The van der Waals surface area contributed by atoms with Gasteiger partial charge in [-0.2, -0.15) is 0 Å². The van der Waals surface area contributed by atoms with Gasteiger partial charge in [-0.1, -0.05) is 58.7 Å². The lowest BCUT2D eigenvalue weighted by Crippen LogP contribution is -2.15. The fourth-order valence-corrected chi connectivity index (χ4v) is 4.13. The molecule has 6 nitrogen and oxygen atoms in total. The second-order valence-electron chi connectivity index (χ2n) is 6.52. The number of benzene rings is 2. The molecule has 1 aromatic heterocycles. The fourth-order valence-electron chi connectivity index (χ4n) is 2.66. The number of hydrogen-bond donors (Lipinski definition) is 1. The van der Waals surface area contributed by atoms with Crippen LogP contribution >= 0.6 is 46.6 Å². The molecule has 0 radical (unpaired) electrons. The van der Waals surface area contributed by atoms with E-state index in [4.69, 9.17) is 39.5 Å². The van der Waals surface area contributed by atoms with Crippen LogP contribution in [0.1, 0.15) is 11.4 Å². The number of anilines is 1. The lowest BCUT2D eigenvalue weighted by Gasteiger charge is -2.11. The van der Waals surface area contributed by atoms with Gasteiger partial charge in [-0.15, -0.1) is 16.8 Å². The first-order valence-corrected chi connectivity index (χ1v) is 11.3. The molecular weight excluding hydrogens is 479 g/mol. The van der Waals surface area contributed by atoms with Gasteiger partial charge < -0.3 is 10.1 Å². The van der Waals surface area contributed by atoms with E-state index in [0.29, 0.717) is 44.0 Å². The number of allylic oxidation sites excluding steroid dienone is 1. The van der Waals surface area contributed by atoms with Crippen molar-refractivity contribution in [3.05, 3.63) is 75.5 Å². The molecule has 0 saturated carbocycles. The predicted octanol–water partition coefficient (Wildman–Crippen LogP) is 6.04. The van der Waals surface area contributed by atoms with E-state index < -0.39 is 0 Å². The molecule has 3 rings (SSSR count). The number of ether oxygens (including phenoxy) is 1. The van der Waals surface area contributed by atoms with Crippen molar-refractivity contribution in [2.24, 2.45) is 0 Å². The van der Waals surface area contributed by atoms with E-state index in [1.807, 2.05) is 23.6 Å². The monoisotopic (exact) mass is 496 g/mol. The first kappa shape index (κ1) is 23.5. The zero-order valence-corrected chi connectivity index (χ0v) is 19.7. The quantitative estimate of drug-likeness (QED) is 0.288. The molecule has 2 aromatic carbocycles. The molecule has 0 saturated heterocycles. The van der Waals surface area contributed by atoms with Crippen LogP contribution in [0.4, 0.5) is 5.69 Å². The second kappa shape index (κ2) is 10.9. The lowest BCUT2D eigenvalue weighted by molar-refractivity contribution is -0.113. The number of nitrogens with one attached hydrogen (secondary N) is 1. The van der Waals surface area contributed by atoms with Crippen LogP contribution in [-0.2, 0) is 17.9 Å². The van der Waals surface area contributed by atoms with E-state index in [2.05, 4.69) is 22.1 Å². The topological polar surface area (TPSA) is 69.0 Å². The van der Waals surface area contributed by atoms with Crippen LogP contribution in [0.3, 0.4) is 0 Å². The van der Waals surface area contributed by atoms with Gasteiger partial charge in [0.15, 0.2) is 11.0 Å². The summed E-state index contributed by atoms with van der Waals surface area (Å²) in [6.45, 7) is 6.39. The van der Waals surface area contributed by atoms with Crippen LogP contribution in [0.5, 0.6) is 5.75 Å². The number of carbonyl (C=O) groups excluding carboxylic acids is 1. The number of nitrogens with zero attached hydrogens (tertiary/aromatic N) is 3. The number of aryl methyl sites for hydroxylation is 1. The number of amides is 1. The largest absolute Gasteiger partial charge is 0.484 e. The van der Waals surface area contributed by atoms with E-state index >= 15 is 0 Å². The third kappa shape index (κ3) is 6.64. The second-order valence-corrected chi connectivity index (χ2v) is 8.74. The molecule has 1 N–H and O–H groups in total. The van der Waals surface area contributed by atoms with Gasteiger partial charge in [-0.05, 0) is 42.8 Å². The molecule has 31 heavy (non-hydrogen) atoms. The Bertz CT molecular complexity index is 1080. The summed E-state index contributed by atoms with van der Waals surface area (Å²) in [5.74, 6) is 1.08. The molecular formula is C21H19Cl3N4O2S. The number of rotatable bonds is 9. The van der Waals surface area contributed by atoms with Crippen molar-refractivity contribution in [2.75, 3.05) is 11.1 Å². The number of carbonyl (C=O) groups is 1. The Kier molecular flexibility index (Phi) is 8.26. The highest BCUT2D eigenvalue weighted by atomic mass is 35.5. The summed E-state index contributed by atoms with van der Waals surface area (Å²) >= 11 is 19.4. The zero-order chi connectivity index (χ0) is 22.4. The van der Waals surface area contributed by atoms with E-state index in [1.165, 1.54) is 11.8 Å². The van der Waals surface area contributed by atoms with Crippen molar-refractivity contribution in [1.82, 2.24) is 14.8 Å². The van der Waals surface area contributed by atoms with Gasteiger partial charge in [0.05, 0.1) is 10.8 Å². The summed E-state index contributed by atoms with van der Waals surface area (Å²) in [6, 6.07) is 10.4. The minimum Gasteiger partial charge on any atom is -0.484 e. The summed E-state index contributed by atoms with van der Waals surface area (Å²) in [6.07, 6.45) is 1.73. The van der Waals surface area contributed by atoms with E-state index in [9.17, 15) is 4.79 Å². The Morgan fingerprint density at radius 1 is 1.19 bits per heavy atom. The number of hydrogen-bond acceptors (Lipinski definition) is 5. The summed E-state index contributed by atoms with van der Waals surface area (Å²) in [5, 5.41) is 13.1. The molecule has 162 valence electrons. The maximum Gasteiger partial charge on any atom is 0.234 e. The molecule has 3 aromatic rings. The van der Waals surface area contributed by atoms with Gasteiger partial charge >= 0.3 is 0 Å². The third-order valence-corrected chi connectivity index (χ3v) is 5.74. The van der Waals surface area contributed by atoms with Crippen molar-refractivity contribution >= 4 is 58.2 Å². The molecule has 0 aliphatic rings. The molecule has 0 atom stereocenters. The summed E-state index contributed by atoms with van der Waals surface area (Å²) < 4.78 is 7.67. The van der Waals surface area contributed by atoms with Crippen LogP contribution in [0.25, 0.3) is 0 Å². The first-order valence-electron chi connectivity index (χ1n) is 9.16. The average Bonchev–Trinajstić information content (AvgIpc) is 3.08. The summed E-state index contributed by atoms with van der Waals surface area (Å²) in [7, 11) is 0. The zero-order valence-electron chi connectivity index (χ0n) is 16.6. The Labute approximate surface area is 199 Å². The van der Waals surface area contributed by atoms with Gasteiger partial charge in [0.1, 0.15) is 12.4 Å². The molecule has 0 unspecified atom stereocenters. The molecule has 0 bridgehead atoms. The van der Waals surface area contributed by atoms with Gasteiger partial charge in [-0.3, -0.25) is 9.36 Å². The van der Waals surface area contributed by atoms with Gasteiger partial charge in [0.25, 0.3) is 0 Å². The highest BCUT2D eigenvalue weighted by molar-refractivity contribution is 7.99. The molecule has 10 heteroatoms. The molecule has 0 aliphatic heterocycles. The third-order valence-electron chi connectivity index (χ3n) is 4.03. The minimum atomic E-state index is -0.221. The summed E-state index contributed by atoms with van der Waals surface area (Å²) in [5.41, 5.74) is 1.56. The van der Waals surface area contributed by atoms with Crippen LogP contribution < -0.4 is 10.1 Å². The molecule has 0 fully saturated rings. The van der Waals surface area contributed by atoms with E-state index in [1.54, 1.807) is 30.3 Å². The average molecular weight is 498 g/mol. The molecule has 1 amide bonds. The van der Waals surface area contributed by atoms with Crippen molar-refractivity contribution in [2.45, 2.75) is 25.2 Å². The number of thioether (sulfide) groups is 1. The SMILES string of the molecule is C=CCn1c(COc2cc(C)ccc2Cl)nnc1SCC(=O)Nc1cc(Cl)cc(Cl)c1. The normalized spacial score (nSPS) is 10.7. The van der Waals surface area contributed by atoms with Crippen LogP contribution in [0.15, 0.2) is 54.2 Å². The van der Waals surface area contributed by atoms with Crippen LogP contribution in [0, 0.1) is 6.92 Å². The maximum absolute atomic E-state index is 12.3. The molecule has 0 aliphatic carbocycles. The standard InChI is InChI=1S/C21H19Cl3N4O2S/c1-3-6-28-19(11-30-18-7-13(2)4-5-17(18)24)26-27-21(28)31-12-20(29)25-16-9-14(22)8-15(23)10-16/h3-5,7-10H,1,6,11-12H2,2H3,(H,25,29). The van der Waals surface area contributed by atoms with E-state index in [-0.39, 0.29) is 18.3 Å². The maximum atomic E-state index is 12.3.